The summed E-state index contributed by atoms with van der Waals surface area (Å²) in [7, 11) is 0. The molecule has 3 aromatic carbocycles. The van der Waals surface area contributed by atoms with Crippen molar-refractivity contribution in [1.29, 1.82) is 0 Å². The molecule has 0 radical (unpaired) electrons. The van der Waals surface area contributed by atoms with Crippen molar-refractivity contribution in [3.8, 4) is 11.3 Å². The Morgan fingerprint density at radius 2 is 1.57 bits per heavy atom. The van der Waals surface area contributed by atoms with Crippen LogP contribution in [-0.2, 0) is 6.18 Å². The third kappa shape index (κ3) is 5.47. The highest BCUT2D eigenvalue weighted by Crippen LogP contribution is 2.35. The summed E-state index contributed by atoms with van der Waals surface area (Å²) in [5.41, 5.74) is 0.637. The van der Waals surface area contributed by atoms with Crippen LogP contribution in [0.1, 0.15) is 26.3 Å². The number of carbonyl (C=O) groups excluding carboxylic acids is 2. The molecule has 0 saturated heterocycles. The second-order valence-corrected chi connectivity index (χ2v) is 9.24. The van der Waals surface area contributed by atoms with E-state index in [0.29, 0.717) is 23.0 Å². The van der Waals surface area contributed by atoms with Crippen LogP contribution in [0, 0.1) is 5.82 Å². The molecule has 0 atom stereocenters. The number of nitrogens with zero attached hydrogens (tertiary/aromatic N) is 3. The van der Waals surface area contributed by atoms with Gasteiger partial charge in [0.25, 0.3) is 11.8 Å². The average molecular weight is 588 g/mol. The van der Waals surface area contributed by atoms with Crippen molar-refractivity contribution in [3.05, 3.63) is 112 Å². The summed E-state index contributed by atoms with van der Waals surface area (Å²) in [4.78, 5) is 33.8. The lowest BCUT2D eigenvalue weighted by Crippen LogP contribution is -2.16. The van der Waals surface area contributed by atoms with E-state index in [1.54, 1.807) is 34.9 Å². The van der Waals surface area contributed by atoms with Crippen LogP contribution in [0.4, 0.5) is 29.1 Å². The minimum atomic E-state index is -4.73. The number of aromatic nitrogens is 3. The van der Waals surface area contributed by atoms with E-state index >= 15 is 0 Å². The maximum absolute atomic E-state index is 13.4. The van der Waals surface area contributed by atoms with Crippen LogP contribution >= 0.6 is 23.2 Å². The molecule has 2 amide bonds. The molecule has 0 fully saturated rings. The number of rotatable bonds is 5. The van der Waals surface area contributed by atoms with Crippen LogP contribution in [0.2, 0.25) is 10.0 Å². The van der Waals surface area contributed by atoms with E-state index in [4.69, 9.17) is 23.2 Å². The van der Waals surface area contributed by atoms with Crippen LogP contribution in [0.3, 0.4) is 0 Å². The van der Waals surface area contributed by atoms with Gasteiger partial charge in [-0.1, -0.05) is 35.3 Å². The number of hydrogen-bond donors (Lipinski definition) is 2. The average Bonchev–Trinajstić information content (AvgIpc) is 3.35. The van der Waals surface area contributed by atoms with Gasteiger partial charge in [0.05, 0.1) is 27.5 Å². The van der Waals surface area contributed by atoms with Crippen molar-refractivity contribution in [3.63, 3.8) is 0 Å². The highest BCUT2D eigenvalue weighted by Gasteiger charge is 2.34. The van der Waals surface area contributed by atoms with Crippen molar-refractivity contribution in [2.45, 2.75) is 6.18 Å². The molecule has 2 N–H and O–H groups in total. The number of imidazole rings is 1. The first-order valence-electron chi connectivity index (χ1n) is 11.4. The molecule has 0 aliphatic rings. The largest absolute Gasteiger partial charge is 0.417 e. The molecule has 202 valence electrons. The van der Waals surface area contributed by atoms with Gasteiger partial charge in [0, 0.05) is 34.8 Å². The predicted molar refractivity (Wildman–Crippen MR) is 142 cm³/mol. The molecule has 0 saturated carbocycles. The van der Waals surface area contributed by atoms with Gasteiger partial charge in [-0.25, -0.2) is 14.4 Å². The van der Waals surface area contributed by atoms with Gasteiger partial charge in [-0.15, -0.1) is 0 Å². The predicted octanol–water partition coefficient (Wildman–Crippen LogP) is 7.37. The lowest BCUT2D eigenvalue weighted by Gasteiger charge is -2.11. The van der Waals surface area contributed by atoms with Crippen LogP contribution < -0.4 is 10.6 Å². The summed E-state index contributed by atoms with van der Waals surface area (Å²) in [6.45, 7) is 0. The standard InChI is InChI=1S/C27H15Cl2F4N5O2/c28-19-6-4-15(11-18(19)27(31,32)33)26(40)37-23-24-35-13-22(38(24)9-8-34-23)14-2-1-3-17(10-14)36-25(39)16-5-7-21(30)20(29)12-16/h1-13H,(H,36,39)(H,34,37,40). The Balaban J connectivity index is 1.40. The summed E-state index contributed by atoms with van der Waals surface area (Å²) in [5, 5.41) is 4.51. The smallest absolute Gasteiger partial charge is 0.322 e. The number of anilines is 2. The summed E-state index contributed by atoms with van der Waals surface area (Å²) in [5.74, 6) is -1.96. The van der Waals surface area contributed by atoms with Gasteiger partial charge >= 0.3 is 6.18 Å². The minimum Gasteiger partial charge on any atom is -0.322 e. The van der Waals surface area contributed by atoms with Gasteiger partial charge in [-0.2, -0.15) is 13.2 Å². The Kier molecular flexibility index (Phi) is 7.17. The van der Waals surface area contributed by atoms with Gasteiger partial charge in [0.2, 0.25) is 0 Å². The number of benzene rings is 3. The molecule has 0 bridgehead atoms. The van der Waals surface area contributed by atoms with Gasteiger partial charge in [-0.3, -0.25) is 14.0 Å². The molecule has 40 heavy (non-hydrogen) atoms. The maximum Gasteiger partial charge on any atom is 0.417 e. The number of halogens is 6. The van der Waals surface area contributed by atoms with Crippen molar-refractivity contribution in [2.24, 2.45) is 0 Å². The van der Waals surface area contributed by atoms with E-state index in [1.165, 1.54) is 30.6 Å². The third-order valence-electron chi connectivity index (χ3n) is 5.79. The fraction of sp³-hybridized carbons (Fsp3) is 0.0370. The number of alkyl halides is 3. The number of carbonyl (C=O) groups is 2. The first kappa shape index (κ1) is 27.1. The van der Waals surface area contributed by atoms with Crippen LogP contribution in [0.15, 0.2) is 79.3 Å². The number of fused-ring (bicyclic) bond motifs is 1. The second-order valence-electron chi connectivity index (χ2n) is 8.42. The van der Waals surface area contributed by atoms with Gasteiger partial charge in [-0.05, 0) is 48.5 Å². The zero-order valence-electron chi connectivity index (χ0n) is 19.9. The molecule has 7 nitrogen and oxygen atoms in total. The third-order valence-corrected chi connectivity index (χ3v) is 6.41. The van der Waals surface area contributed by atoms with Crippen LogP contribution in [0.25, 0.3) is 16.9 Å². The fourth-order valence-corrected chi connectivity index (χ4v) is 4.29. The number of nitrogens with one attached hydrogen (secondary N) is 2. The highest BCUT2D eigenvalue weighted by molar-refractivity contribution is 6.31. The molecule has 2 aromatic heterocycles. The summed E-state index contributed by atoms with van der Waals surface area (Å²) in [6.07, 6.45) is -0.245. The first-order chi connectivity index (χ1) is 19.0. The molecule has 5 aromatic rings. The van der Waals surface area contributed by atoms with Crippen molar-refractivity contribution >= 4 is 52.2 Å². The molecule has 2 heterocycles. The quantitative estimate of drug-likeness (QED) is 0.210. The monoisotopic (exact) mass is 587 g/mol. The van der Waals surface area contributed by atoms with E-state index in [2.05, 4.69) is 20.6 Å². The molecule has 5 rings (SSSR count). The molecule has 13 heteroatoms. The van der Waals surface area contributed by atoms with Crippen LogP contribution in [-0.4, -0.2) is 26.2 Å². The van der Waals surface area contributed by atoms with E-state index in [0.717, 1.165) is 12.1 Å². The molecule has 0 aliphatic carbocycles. The Morgan fingerprint density at radius 1 is 0.850 bits per heavy atom. The Morgan fingerprint density at radius 3 is 2.33 bits per heavy atom. The Hall–Kier alpha value is -4.48. The maximum atomic E-state index is 13.4. The first-order valence-corrected chi connectivity index (χ1v) is 12.1. The topological polar surface area (TPSA) is 88.4 Å². The highest BCUT2D eigenvalue weighted by atomic mass is 35.5. The van der Waals surface area contributed by atoms with E-state index < -0.39 is 34.4 Å². The normalized spacial score (nSPS) is 11.4. The molecule has 0 unspecified atom stereocenters. The van der Waals surface area contributed by atoms with Crippen molar-refractivity contribution < 1.29 is 27.2 Å². The van der Waals surface area contributed by atoms with Gasteiger partial charge < -0.3 is 10.6 Å². The van der Waals surface area contributed by atoms with Crippen molar-refractivity contribution in [2.75, 3.05) is 10.6 Å². The Labute approximate surface area is 233 Å². The van der Waals surface area contributed by atoms with Gasteiger partial charge in [0.1, 0.15) is 5.82 Å². The summed E-state index contributed by atoms with van der Waals surface area (Å²) < 4.78 is 54.7. The SMILES string of the molecule is O=C(Nc1cccc(-c2cnc3c(NC(=O)c4ccc(Cl)c(C(F)(F)F)c4)nccn23)c1)c1ccc(F)c(Cl)c1. The fourth-order valence-electron chi connectivity index (χ4n) is 3.88. The summed E-state index contributed by atoms with van der Waals surface area (Å²) in [6, 6.07) is 13.2. The van der Waals surface area contributed by atoms with Gasteiger partial charge in [0.15, 0.2) is 11.5 Å². The lowest BCUT2D eigenvalue weighted by molar-refractivity contribution is -0.137. The Bertz CT molecular complexity index is 1790. The zero-order chi connectivity index (χ0) is 28.6. The second kappa shape index (κ2) is 10.6. The molecular formula is C27H15Cl2F4N5O2. The molecule has 0 aliphatic heterocycles. The van der Waals surface area contributed by atoms with E-state index in [9.17, 15) is 27.2 Å². The van der Waals surface area contributed by atoms with E-state index in [1.807, 2.05) is 0 Å². The van der Waals surface area contributed by atoms with Crippen LogP contribution in [0.5, 0.6) is 0 Å². The zero-order valence-corrected chi connectivity index (χ0v) is 21.4. The van der Waals surface area contributed by atoms with E-state index in [-0.39, 0.29) is 27.6 Å². The molecule has 0 spiro atoms. The number of hydrogen-bond acceptors (Lipinski definition) is 4. The minimum absolute atomic E-state index is 0.0138. The molecular weight excluding hydrogens is 573 g/mol. The van der Waals surface area contributed by atoms with Crippen molar-refractivity contribution in [1.82, 2.24) is 14.4 Å². The number of amides is 2. The lowest BCUT2D eigenvalue weighted by atomic mass is 10.1. The summed E-state index contributed by atoms with van der Waals surface area (Å²) >= 11 is 11.4.